The number of amides is 2. The number of methoxy groups -OCH3 is 1. The number of nitrogens with zero attached hydrogens (tertiary/aromatic N) is 2. The molecule has 0 aliphatic rings. The average molecular weight is 436 g/mol. The molecular formula is C23H24N4O5. The van der Waals surface area contributed by atoms with E-state index in [0.717, 1.165) is 16.8 Å². The largest absolute Gasteiger partial charge is 0.493 e. The highest BCUT2D eigenvalue weighted by atomic mass is 16.5. The number of carbonyl (C=O) groups excluding carboxylic acids is 3. The molecule has 0 spiro atoms. The number of aromatic nitrogens is 2. The Balaban J connectivity index is 1.51. The average Bonchev–Trinajstić information content (AvgIpc) is 3.24. The van der Waals surface area contributed by atoms with E-state index in [2.05, 4.69) is 15.7 Å². The molecule has 2 aromatic carbocycles. The first kappa shape index (κ1) is 22.5. The van der Waals surface area contributed by atoms with Crippen molar-refractivity contribution in [2.45, 2.75) is 13.8 Å². The van der Waals surface area contributed by atoms with E-state index in [0.29, 0.717) is 5.69 Å². The molecular weight excluding hydrogens is 412 g/mol. The molecule has 166 valence electrons. The second-order valence-corrected chi connectivity index (χ2v) is 6.97. The van der Waals surface area contributed by atoms with Crippen LogP contribution in [-0.2, 0) is 14.3 Å². The van der Waals surface area contributed by atoms with Gasteiger partial charge in [0.2, 0.25) is 11.6 Å². The lowest BCUT2D eigenvalue weighted by Crippen LogP contribution is -2.35. The molecule has 0 atom stereocenters. The topological polar surface area (TPSA) is 112 Å². The molecule has 0 radical (unpaired) electrons. The molecule has 9 heteroatoms. The van der Waals surface area contributed by atoms with E-state index >= 15 is 0 Å². The fourth-order valence-corrected chi connectivity index (χ4v) is 2.87. The fourth-order valence-electron chi connectivity index (χ4n) is 2.87. The first-order valence-electron chi connectivity index (χ1n) is 9.88. The van der Waals surface area contributed by atoms with E-state index in [-0.39, 0.29) is 23.9 Å². The van der Waals surface area contributed by atoms with Crippen LogP contribution in [0.5, 0.6) is 5.75 Å². The molecule has 1 heterocycles. The maximum atomic E-state index is 12.4. The van der Waals surface area contributed by atoms with Gasteiger partial charge >= 0.3 is 5.97 Å². The van der Waals surface area contributed by atoms with E-state index in [1.54, 1.807) is 12.3 Å². The minimum Gasteiger partial charge on any atom is -0.493 e. The predicted molar refractivity (Wildman–Crippen MR) is 118 cm³/mol. The zero-order chi connectivity index (χ0) is 23.1. The molecule has 1 aromatic heterocycles. The lowest BCUT2D eigenvalue weighted by Gasteiger charge is -2.11. The van der Waals surface area contributed by atoms with Crippen LogP contribution in [0.1, 0.15) is 21.6 Å². The van der Waals surface area contributed by atoms with Crippen molar-refractivity contribution in [3.63, 3.8) is 0 Å². The highest BCUT2D eigenvalue weighted by Gasteiger charge is 2.21. The van der Waals surface area contributed by atoms with Crippen molar-refractivity contribution in [2.75, 3.05) is 25.6 Å². The number of esters is 1. The highest BCUT2D eigenvalue weighted by Crippen LogP contribution is 2.20. The van der Waals surface area contributed by atoms with Crippen LogP contribution < -0.4 is 15.4 Å². The molecule has 3 rings (SSSR count). The standard InChI is InChI=1S/C23H24N4O5/c1-15-8-7-11-18(16(15)2)25-20(28)12-24-21(29)14-32-23(30)22-19(31-3)13-27(26-22)17-9-5-4-6-10-17/h4-11,13H,12,14H2,1-3H3,(H,24,29)(H,25,28). The Morgan fingerprint density at radius 2 is 1.75 bits per heavy atom. The number of rotatable bonds is 8. The van der Waals surface area contributed by atoms with Gasteiger partial charge in [0.05, 0.1) is 25.5 Å². The van der Waals surface area contributed by atoms with Crippen molar-refractivity contribution in [1.82, 2.24) is 15.1 Å². The minimum atomic E-state index is -0.813. The number of ether oxygens (including phenoxy) is 2. The molecule has 3 aromatic rings. The van der Waals surface area contributed by atoms with Crippen molar-refractivity contribution in [3.8, 4) is 11.4 Å². The summed E-state index contributed by atoms with van der Waals surface area (Å²) in [7, 11) is 1.41. The van der Waals surface area contributed by atoms with Crippen molar-refractivity contribution in [3.05, 3.63) is 71.5 Å². The van der Waals surface area contributed by atoms with E-state index in [4.69, 9.17) is 9.47 Å². The van der Waals surface area contributed by atoms with E-state index in [1.165, 1.54) is 11.8 Å². The maximum absolute atomic E-state index is 12.4. The third kappa shape index (κ3) is 5.51. The van der Waals surface area contributed by atoms with Gasteiger partial charge in [-0.1, -0.05) is 30.3 Å². The number of benzene rings is 2. The molecule has 0 aliphatic carbocycles. The third-order valence-corrected chi connectivity index (χ3v) is 4.77. The van der Waals surface area contributed by atoms with Crippen molar-refractivity contribution in [1.29, 1.82) is 0 Å². The molecule has 0 unspecified atom stereocenters. The van der Waals surface area contributed by atoms with Crippen LogP contribution >= 0.6 is 0 Å². The molecule has 0 aliphatic heterocycles. The molecule has 0 saturated heterocycles. The van der Waals surface area contributed by atoms with Gasteiger partial charge in [-0.05, 0) is 43.2 Å². The summed E-state index contributed by atoms with van der Waals surface area (Å²) in [6.45, 7) is 3.03. The quantitative estimate of drug-likeness (QED) is 0.525. The van der Waals surface area contributed by atoms with Crippen LogP contribution in [0.2, 0.25) is 0 Å². The summed E-state index contributed by atoms with van der Waals surface area (Å²) >= 11 is 0. The zero-order valence-corrected chi connectivity index (χ0v) is 18.0. The van der Waals surface area contributed by atoms with Gasteiger partial charge in [-0.25, -0.2) is 9.48 Å². The van der Waals surface area contributed by atoms with Crippen molar-refractivity contribution >= 4 is 23.5 Å². The van der Waals surface area contributed by atoms with Crippen LogP contribution in [0.15, 0.2) is 54.7 Å². The zero-order valence-electron chi connectivity index (χ0n) is 18.0. The molecule has 2 amide bonds. The van der Waals surface area contributed by atoms with Gasteiger partial charge in [0, 0.05) is 5.69 Å². The van der Waals surface area contributed by atoms with Gasteiger partial charge in [0.25, 0.3) is 5.91 Å². The first-order valence-corrected chi connectivity index (χ1v) is 9.88. The Morgan fingerprint density at radius 3 is 2.47 bits per heavy atom. The molecule has 0 saturated carbocycles. The summed E-state index contributed by atoms with van der Waals surface area (Å²) < 4.78 is 11.7. The number of hydrogen-bond acceptors (Lipinski definition) is 6. The van der Waals surface area contributed by atoms with Crippen LogP contribution in [0.25, 0.3) is 5.69 Å². The van der Waals surface area contributed by atoms with Crippen LogP contribution in [-0.4, -0.2) is 47.8 Å². The number of hydrogen-bond donors (Lipinski definition) is 2. The Labute approximate surface area is 185 Å². The molecule has 0 bridgehead atoms. The van der Waals surface area contributed by atoms with Gasteiger partial charge in [0.1, 0.15) is 0 Å². The Bertz CT molecular complexity index is 1120. The monoisotopic (exact) mass is 436 g/mol. The Morgan fingerprint density at radius 1 is 1.00 bits per heavy atom. The summed E-state index contributed by atoms with van der Waals surface area (Å²) in [5, 5.41) is 9.34. The molecule has 0 fully saturated rings. The second-order valence-electron chi connectivity index (χ2n) is 6.97. The van der Waals surface area contributed by atoms with Gasteiger partial charge in [-0.2, -0.15) is 5.10 Å². The van der Waals surface area contributed by atoms with E-state index in [1.807, 2.05) is 56.3 Å². The van der Waals surface area contributed by atoms with Crippen LogP contribution in [0.3, 0.4) is 0 Å². The van der Waals surface area contributed by atoms with Gasteiger partial charge in [-0.15, -0.1) is 0 Å². The van der Waals surface area contributed by atoms with E-state index < -0.39 is 18.5 Å². The summed E-state index contributed by atoms with van der Waals surface area (Å²) in [6, 6.07) is 14.7. The number of aryl methyl sites for hydroxylation is 1. The minimum absolute atomic E-state index is 0.0585. The first-order chi connectivity index (χ1) is 15.4. The lowest BCUT2D eigenvalue weighted by molar-refractivity contribution is -0.126. The lowest BCUT2D eigenvalue weighted by atomic mass is 10.1. The van der Waals surface area contributed by atoms with Crippen molar-refractivity contribution in [2.24, 2.45) is 0 Å². The van der Waals surface area contributed by atoms with Gasteiger partial charge < -0.3 is 20.1 Å². The Hall–Kier alpha value is -4.14. The number of anilines is 1. The van der Waals surface area contributed by atoms with Crippen LogP contribution in [0.4, 0.5) is 5.69 Å². The smallest absolute Gasteiger partial charge is 0.363 e. The highest BCUT2D eigenvalue weighted by molar-refractivity contribution is 5.96. The SMILES string of the molecule is COc1cn(-c2ccccc2)nc1C(=O)OCC(=O)NCC(=O)Nc1cccc(C)c1C. The number of para-hydroxylation sites is 1. The molecule has 9 nitrogen and oxygen atoms in total. The number of nitrogens with one attached hydrogen (secondary N) is 2. The predicted octanol–water partition coefficient (Wildman–Crippen LogP) is 2.41. The normalized spacial score (nSPS) is 10.3. The fraction of sp³-hybridized carbons (Fsp3) is 0.217. The third-order valence-electron chi connectivity index (χ3n) is 4.77. The van der Waals surface area contributed by atoms with Crippen molar-refractivity contribution < 1.29 is 23.9 Å². The summed E-state index contributed by atoms with van der Waals surface area (Å²) in [6.07, 6.45) is 1.55. The number of carbonyl (C=O) groups is 3. The maximum Gasteiger partial charge on any atom is 0.363 e. The van der Waals surface area contributed by atoms with Crippen LogP contribution in [0, 0.1) is 13.8 Å². The molecule has 32 heavy (non-hydrogen) atoms. The summed E-state index contributed by atoms with van der Waals surface area (Å²) in [4.78, 5) is 36.5. The van der Waals surface area contributed by atoms with Gasteiger partial charge in [0.15, 0.2) is 12.4 Å². The Kier molecular flexibility index (Phi) is 7.22. The summed E-state index contributed by atoms with van der Waals surface area (Å²) in [5.74, 6) is -1.60. The summed E-state index contributed by atoms with van der Waals surface area (Å²) in [5.41, 5.74) is 3.35. The van der Waals surface area contributed by atoms with E-state index in [9.17, 15) is 14.4 Å². The molecule has 2 N–H and O–H groups in total. The van der Waals surface area contributed by atoms with Gasteiger partial charge in [-0.3, -0.25) is 9.59 Å². The second kappa shape index (κ2) is 10.3.